The van der Waals surface area contributed by atoms with Crippen molar-refractivity contribution in [3.8, 4) is 22.4 Å². The molecule has 0 aliphatic rings. The smallest absolute Gasteiger partial charge is 0.113 e. The third-order valence-corrected chi connectivity index (χ3v) is 5.57. The van der Waals surface area contributed by atoms with Crippen LogP contribution in [0.4, 0.5) is 5.69 Å². The molecule has 148 valence electrons. The predicted molar refractivity (Wildman–Crippen MR) is 134 cm³/mol. The Morgan fingerprint density at radius 3 is 1.84 bits per heavy atom. The molecule has 0 spiro atoms. The number of aromatic nitrogens is 1. The number of rotatable bonds is 4. The molecular formula is C28H20N2S. The second-order valence-electron chi connectivity index (χ2n) is 7.28. The maximum Gasteiger partial charge on any atom is 0.113 e. The highest BCUT2D eigenvalue weighted by Crippen LogP contribution is 2.37. The molecule has 1 heterocycles. The van der Waals surface area contributed by atoms with Crippen LogP contribution < -0.4 is 5.32 Å². The molecule has 3 heteroatoms. The van der Waals surface area contributed by atoms with Crippen molar-refractivity contribution < 1.29 is 0 Å². The Bertz CT molecular complexity index is 1350. The van der Waals surface area contributed by atoms with Crippen molar-refractivity contribution in [2.24, 2.45) is 0 Å². The van der Waals surface area contributed by atoms with E-state index in [9.17, 15) is 0 Å². The highest BCUT2D eigenvalue weighted by atomic mass is 32.1. The van der Waals surface area contributed by atoms with Crippen LogP contribution in [0, 0.1) is 0 Å². The molecule has 0 amide bonds. The highest BCUT2D eigenvalue weighted by Gasteiger charge is 2.21. The van der Waals surface area contributed by atoms with Crippen molar-refractivity contribution in [3.05, 3.63) is 121 Å². The number of thiocarbonyl (C=S) groups is 1. The van der Waals surface area contributed by atoms with E-state index < -0.39 is 0 Å². The summed E-state index contributed by atoms with van der Waals surface area (Å²) >= 11 is 5.99. The molecule has 0 saturated carbocycles. The van der Waals surface area contributed by atoms with E-state index in [2.05, 4.69) is 59.9 Å². The van der Waals surface area contributed by atoms with Gasteiger partial charge in [0.15, 0.2) is 0 Å². The first-order chi connectivity index (χ1) is 15.3. The standard InChI is InChI=1S/C28H20N2S/c31-28(29-22-16-8-3-9-17-22)26-25(20-12-4-1-5-13-20)23-18-10-11-19-24(23)30-27(26)21-14-6-2-7-15-21/h1-19H,(H,29,31). The minimum atomic E-state index is 0.655. The second kappa shape index (κ2) is 8.50. The fraction of sp³-hybridized carbons (Fsp3) is 0. The van der Waals surface area contributed by atoms with Crippen molar-refractivity contribution in [1.82, 2.24) is 4.98 Å². The van der Waals surface area contributed by atoms with Gasteiger partial charge in [0, 0.05) is 27.8 Å². The van der Waals surface area contributed by atoms with Crippen LogP contribution in [0.15, 0.2) is 115 Å². The van der Waals surface area contributed by atoms with Gasteiger partial charge in [-0.3, -0.25) is 0 Å². The lowest BCUT2D eigenvalue weighted by Gasteiger charge is -2.19. The quantitative estimate of drug-likeness (QED) is 0.310. The Labute approximate surface area is 187 Å². The van der Waals surface area contributed by atoms with Gasteiger partial charge in [-0.25, -0.2) is 4.98 Å². The van der Waals surface area contributed by atoms with E-state index in [1.807, 2.05) is 60.7 Å². The summed E-state index contributed by atoms with van der Waals surface area (Å²) in [6, 6.07) is 39.0. The van der Waals surface area contributed by atoms with E-state index in [0.717, 1.165) is 44.5 Å². The molecule has 5 rings (SSSR count). The van der Waals surface area contributed by atoms with Gasteiger partial charge in [0.05, 0.1) is 11.2 Å². The minimum Gasteiger partial charge on any atom is -0.346 e. The maximum absolute atomic E-state index is 5.99. The number of benzene rings is 4. The lowest BCUT2D eigenvalue weighted by Crippen LogP contribution is -2.14. The lowest BCUT2D eigenvalue weighted by molar-refractivity contribution is 1.38. The van der Waals surface area contributed by atoms with Crippen LogP contribution in [0.5, 0.6) is 0 Å². The number of pyridine rings is 1. The van der Waals surface area contributed by atoms with Gasteiger partial charge < -0.3 is 5.32 Å². The summed E-state index contributed by atoms with van der Waals surface area (Å²) in [5, 5.41) is 4.52. The number of para-hydroxylation sites is 2. The van der Waals surface area contributed by atoms with Gasteiger partial charge in [0.25, 0.3) is 0 Å². The zero-order chi connectivity index (χ0) is 21.0. The van der Waals surface area contributed by atoms with Crippen LogP contribution in [0.3, 0.4) is 0 Å². The lowest BCUT2D eigenvalue weighted by atomic mass is 9.91. The molecule has 0 fully saturated rings. The fourth-order valence-electron chi connectivity index (χ4n) is 3.86. The maximum atomic E-state index is 5.99. The Morgan fingerprint density at radius 2 is 1.16 bits per heavy atom. The number of nitrogens with zero attached hydrogens (tertiary/aromatic N) is 1. The largest absolute Gasteiger partial charge is 0.346 e. The molecule has 0 radical (unpaired) electrons. The summed E-state index contributed by atoms with van der Waals surface area (Å²) in [4.78, 5) is 5.72. The van der Waals surface area contributed by atoms with Crippen molar-refractivity contribution in [2.75, 3.05) is 5.32 Å². The summed E-state index contributed by atoms with van der Waals surface area (Å²) in [5.74, 6) is 0. The van der Waals surface area contributed by atoms with E-state index in [0.29, 0.717) is 4.99 Å². The first kappa shape index (κ1) is 19.2. The molecule has 1 aromatic heterocycles. The molecule has 0 aliphatic carbocycles. The number of nitrogens with one attached hydrogen (secondary N) is 1. The number of anilines is 1. The van der Waals surface area contributed by atoms with Crippen LogP contribution in [-0.4, -0.2) is 9.97 Å². The van der Waals surface area contributed by atoms with Crippen LogP contribution in [0.2, 0.25) is 0 Å². The monoisotopic (exact) mass is 416 g/mol. The van der Waals surface area contributed by atoms with E-state index in [-0.39, 0.29) is 0 Å². The molecule has 31 heavy (non-hydrogen) atoms. The fourth-order valence-corrected chi connectivity index (χ4v) is 4.17. The third-order valence-electron chi connectivity index (χ3n) is 5.26. The summed E-state index contributed by atoms with van der Waals surface area (Å²) in [7, 11) is 0. The van der Waals surface area contributed by atoms with Crippen molar-refractivity contribution in [3.63, 3.8) is 0 Å². The van der Waals surface area contributed by atoms with E-state index >= 15 is 0 Å². The molecule has 2 nitrogen and oxygen atoms in total. The summed E-state index contributed by atoms with van der Waals surface area (Å²) in [6.45, 7) is 0. The molecule has 0 aliphatic heterocycles. The molecule has 5 aromatic rings. The summed E-state index contributed by atoms with van der Waals surface area (Å²) in [5.41, 5.74) is 6.98. The van der Waals surface area contributed by atoms with Crippen LogP contribution in [0.1, 0.15) is 5.56 Å². The van der Waals surface area contributed by atoms with Gasteiger partial charge in [0.2, 0.25) is 0 Å². The average Bonchev–Trinajstić information content (AvgIpc) is 2.84. The Hall–Kier alpha value is -3.82. The second-order valence-corrected chi connectivity index (χ2v) is 7.69. The molecule has 0 atom stereocenters. The summed E-state index contributed by atoms with van der Waals surface area (Å²) < 4.78 is 0. The van der Waals surface area contributed by atoms with Crippen LogP contribution in [-0.2, 0) is 0 Å². The molecule has 0 unspecified atom stereocenters. The Morgan fingerprint density at radius 1 is 0.613 bits per heavy atom. The number of hydrogen-bond donors (Lipinski definition) is 1. The molecule has 1 N–H and O–H groups in total. The van der Waals surface area contributed by atoms with E-state index in [1.54, 1.807) is 0 Å². The number of hydrogen-bond acceptors (Lipinski definition) is 2. The van der Waals surface area contributed by atoms with Gasteiger partial charge in [-0.2, -0.15) is 0 Å². The zero-order valence-electron chi connectivity index (χ0n) is 16.8. The Kier molecular flexibility index (Phi) is 5.26. The minimum absolute atomic E-state index is 0.655. The molecule has 0 bridgehead atoms. The SMILES string of the molecule is S=C(Nc1ccccc1)c1c(-c2ccccc2)nc2ccccc2c1-c1ccccc1. The van der Waals surface area contributed by atoms with E-state index in [1.165, 1.54) is 0 Å². The van der Waals surface area contributed by atoms with E-state index in [4.69, 9.17) is 17.2 Å². The first-order valence-corrected chi connectivity index (χ1v) is 10.6. The summed E-state index contributed by atoms with van der Waals surface area (Å²) in [6.07, 6.45) is 0. The predicted octanol–water partition coefficient (Wildman–Crippen LogP) is 7.36. The molecule has 0 saturated heterocycles. The number of fused-ring (bicyclic) bond motifs is 1. The van der Waals surface area contributed by atoms with Gasteiger partial charge in [-0.1, -0.05) is 109 Å². The van der Waals surface area contributed by atoms with Crippen LogP contribution in [0.25, 0.3) is 33.3 Å². The van der Waals surface area contributed by atoms with Gasteiger partial charge in [-0.05, 0) is 23.8 Å². The van der Waals surface area contributed by atoms with Crippen molar-refractivity contribution >= 4 is 33.8 Å². The van der Waals surface area contributed by atoms with Crippen LogP contribution >= 0.6 is 12.2 Å². The van der Waals surface area contributed by atoms with Gasteiger partial charge in [0.1, 0.15) is 4.99 Å². The zero-order valence-corrected chi connectivity index (χ0v) is 17.6. The first-order valence-electron chi connectivity index (χ1n) is 10.2. The third kappa shape index (κ3) is 3.83. The normalized spacial score (nSPS) is 10.7. The van der Waals surface area contributed by atoms with Gasteiger partial charge in [-0.15, -0.1) is 0 Å². The highest BCUT2D eigenvalue weighted by molar-refractivity contribution is 7.81. The molecular weight excluding hydrogens is 396 g/mol. The Balaban J connectivity index is 1.83. The average molecular weight is 417 g/mol. The van der Waals surface area contributed by atoms with Gasteiger partial charge >= 0.3 is 0 Å². The molecule has 4 aromatic carbocycles. The topological polar surface area (TPSA) is 24.9 Å². The van der Waals surface area contributed by atoms with Crippen molar-refractivity contribution in [2.45, 2.75) is 0 Å². The van der Waals surface area contributed by atoms with Crippen molar-refractivity contribution in [1.29, 1.82) is 0 Å².